The number of hydrogen-bond acceptors (Lipinski definition) is 4. The smallest absolute Gasteiger partial charge is 0.254 e. The minimum absolute atomic E-state index is 0.000920. The van der Waals surface area contributed by atoms with Crippen molar-refractivity contribution in [3.63, 3.8) is 0 Å². The zero-order valence-electron chi connectivity index (χ0n) is 18.7. The second kappa shape index (κ2) is 9.30. The molecule has 0 aliphatic carbocycles. The van der Waals surface area contributed by atoms with Crippen molar-refractivity contribution in [3.05, 3.63) is 82.3 Å². The van der Waals surface area contributed by atoms with Crippen molar-refractivity contribution < 1.29 is 14.3 Å². The molecule has 3 aromatic rings. The fourth-order valence-electron chi connectivity index (χ4n) is 3.96. The Bertz CT molecular complexity index is 1160. The van der Waals surface area contributed by atoms with E-state index in [-0.39, 0.29) is 17.6 Å². The van der Waals surface area contributed by atoms with Crippen molar-refractivity contribution >= 4 is 5.91 Å². The summed E-state index contributed by atoms with van der Waals surface area (Å²) in [7, 11) is 3.39. The van der Waals surface area contributed by atoms with E-state index in [2.05, 4.69) is 0 Å². The van der Waals surface area contributed by atoms with E-state index in [0.717, 1.165) is 35.4 Å². The summed E-state index contributed by atoms with van der Waals surface area (Å²) in [6.07, 6.45) is 1.48. The van der Waals surface area contributed by atoms with Gasteiger partial charge in [-0.1, -0.05) is 24.3 Å². The summed E-state index contributed by atoms with van der Waals surface area (Å²) < 4.78 is 12.9. The van der Waals surface area contributed by atoms with Gasteiger partial charge in [-0.15, -0.1) is 0 Å². The number of ether oxygens (including phenoxy) is 2. The molecule has 1 aliphatic heterocycles. The van der Waals surface area contributed by atoms with Crippen LogP contribution >= 0.6 is 0 Å². The molecule has 0 unspecified atom stereocenters. The first-order chi connectivity index (χ1) is 15.4. The van der Waals surface area contributed by atoms with Crippen LogP contribution in [0, 0.1) is 6.92 Å². The number of likely N-dealkylation sites (tertiary alicyclic amines) is 1. The van der Waals surface area contributed by atoms with Crippen molar-refractivity contribution in [2.24, 2.45) is 7.05 Å². The molecule has 1 amide bonds. The summed E-state index contributed by atoms with van der Waals surface area (Å²) in [6, 6.07) is 19.0. The van der Waals surface area contributed by atoms with Crippen LogP contribution in [-0.2, 0) is 7.05 Å². The lowest BCUT2D eigenvalue weighted by molar-refractivity contribution is 0.0595. The number of carbonyl (C=O) groups excluding carboxylic acids is 1. The Hall–Kier alpha value is -3.54. The molecule has 166 valence electrons. The highest BCUT2D eigenvalue weighted by Gasteiger charge is 2.25. The van der Waals surface area contributed by atoms with Crippen molar-refractivity contribution in [2.75, 3.05) is 20.2 Å². The predicted molar refractivity (Wildman–Crippen MR) is 124 cm³/mol. The zero-order valence-corrected chi connectivity index (χ0v) is 18.7. The lowest BCUT2D eigenvalue weighted by Crippen LogP contribution is -2.41. The van der Waals surface area contributed by atoms with Crippen molar-refractivity contribution in [3.8, 4) is 22.6 Å². The Morgan fingerprint density at radius 2 is 1.66 bits per heavy atom. The van der Waals surface area contributed by atoms with Crippen molar-refractivity contribution in [2.45, 2.75) is 25.9 Å². The highest BCUT2D eigenvalue weighted by Crippen LogP contribution is 2.25. The normalized spacial score (nSPS) is 14.3. The van der Waals surface area contributed by atoms with Crippen LogP contribution in [0.1, 0.15) is 28.9 Å². The maximum Gasteiger partial charge on any atom is 0.254 e. The molecule has 1 fully saturated rings. The third-order valence-electron chi connectivity index (χ3n) is 6.04. The summed E-state index contributed by atoms with van der Waals surface area (Å²) in [5, 5.41) is 0. The zero-order chi connectivity index (χ0) is 22.7. The highest BCUT2D eigenvalue weighted by molar-refractivity contribution is 5.94. The molecule has 4 rings (SSSR count). The van der Waals surface area contributed by atoms with E-state index >= 15 is 0 Å². The Kier molecular flexibility index (Phi) is 6.30. The van der Waals surface area contributed by atoms with E-state index in [1.165, 1.54) is 6.07 Å². The maximum atomic E-state index is 13.0. The van der Waals surface area contributed by atoms with Crippen LogP contribution in [0.3, 0.4) is 0 Å². The number of benzene rings is 2. The number of nitrogens with zero attached hydrogens (tertiary/aromatic N) is 2. The Morgan fingerprint density at radius 3 is 2.31 bits per heavy atom. The van der Waals surface area contributed by atoms with Gasteiger partial charge in [-0.05, 0) is 48.4 Å². The van der Waals surface area contributed by atoms with E-state index in [9.17, 15) is 9.59 Å². The maximum absolute atomic E-state index is 13.0. The lowest BCUT2D eigenvalue weighted by atomic mass is 10.0. The van der Waals surface area contributed by atoms with E-state index < -0.39 is 0 Å². The van der Waals surface area contributed by atoms with Crippen LogP contribution in [0.4, 0.5) is 0 Å². The third-order valence-corrected chi connectivity index (χ3v) is 6.04. The SMILES string of the molecule is COc1cccc(-c2ccc(C(=O)N3CCC(Oc4cc(C)n(C)c(=O)c4)CC3)cc2)c1. The molecule has 2 heterocycles. The predicted octanol–water partition coefficient (Wildman–Crippen LogP) is 4.05. The fourth-order valence-corrected chi connectivity index (χ4v) is 3.96. The lowest BCUT2D eigenvalue weighted by Gasteiger charge is -2.32. The van der Waals surface area contributed by atoms with Gasteiger partial charge >= 0.3 is 0 Å². The van der Waals surface area contributed by atoms with E-state index in [0.29, 0.717) is 24.4 Å². The van der Waals surface area contributed by atoms with Gasteiger partial charge in [0.2, 0.25) is 0 Å². The van der Waals surface area contributed by atoms with Crippen LogP contribution < -0.4 is 15.0 Å². The molecule has 1 aliphatic rings. The molecule has 2 aromatic carbocycles. The number of piperidine rings is 1. The number of rotatable bonds is 5. The van der Waals surface area contributed by atoms with Crippen molar-refractivity contribution in [1.29, 1.82) is 0 Å². The monoisotopic (exact) mass is 432 g/mol. The average Bonchev–Trinajstić information content (AvgIpc) is 2.82. The van der Waals surface area contributed by atoms with Crippen LogP contribution in [0.15, 0.2) is 65.5 Å². The van der Waals surface area contributed by atoms with E-state index in [4.69, 9.17) is 9.47 Å². The van der Waals surface area contributed by atoms with Crippen LogP contribution in [-0.4, -0.2) is 41.7 Å². The molecule has 0 atom stereocenters. The highest BCUT2D eigenvalue weighted by atomic mass is 16.5. The van der Waals surface area contributed by atoms with Gasteiger partial charge in [0, 0.05) is 50.3 Å². The molecule has 32 heavy (non-hydrogen) atoms. The molecule has 0 radical (unpaired) electrons. The average molecular weight is 433 g/mol. The molecule has 0 bridgehead atoms. The number of carbonyl (C=O) groups is 1. The number of pyridine rings is 1. The molecule has 0 saturated carbocycles. The van der Waals surface area contributed by atoms with Gasteiger partial charge in [-0.3, -0.25) is 9.59 Å². The molecular weight excluding hydrogens is 404 g/mol. The largest absolute Gasteiger partial charge is 0.497 e. The number of amides is 1. The van der Waals surface area contributed by atoms with E-state index in [1.54, 1.807) is 18.7 Å². The Balaban J connectivity index is 1.36. The quantitative estimate of drug-likeness (QED) is 0.610. The summed E-state index contributed by atoms with van der Waals surface area (Å²) in [5.41, 5.74) is 3.55. The second-order valence-corrected chi connectivity index (χ2v) is 8.15. The number of aromatic nitrogens is 1. The fraction of sp³-hybridized carbons (Fsp3) is 0.308. The van der Waals surface area contributed by atoms with E-state index in [1.807, 2.05) is 66.4 Å². The van der Waals surface area contributed by atoms with Gasteiger partial charge < -0.3 is 18.9 Å². The van der Waals surface area contributed by atoms with Crippen LogP contribution in [0.5, 0.6) is 11.5 Å². The molecule has 0 spiro atoms. The second-order valence-electron chi connectivity index (χ2n) is 8.15. The molecule has 1 aromatic heterocycles. The van der Waals surface area contributed by atoms with Crippen LogP contribution in [0.25, 0.3) is 11.1 Å². The van der Waals surface area contributed by atoms with Gasteiger partial charge in [-0.2, -0.15) is 0 Å². The Labute approximate surface area is 188 Å². The first-order valence-electron chi connectivity index (χ1n) is 10.8. The molecular formula is C26H28N2O4. The van der Waals surface area contributed by atoms with Crippen LogP contribution in [0.2, 0.25) is 0 Å². The first-order valence-corrected chi connectivity index (χ1v) is 10.8. The Morgan fingerprint density at radius 1 is 0.938 bits per heavy atom. The van der Waals surface area contributed by atoms with Gasteiger partial charge in [0.05, 0.1) is 7.11 Å². The summed E-state index contributed by atoms with van der Waals surface area (Å²) >= 11 is 0. The van der Waals surface area contributed by atoms with Gasteiger partial charge in [0.15, 0.2) is 0 Å². The number of hydrogen-bond donors (Lipinski definition) is 0. The molecule has 6 heteroatoms. The minimum atomic E-state index is -0.0787. The standard InChI is InChI=1S/C26H28N2O4/c1-18-15-24(17-25(29)27(18)2)32-22-11-13-28(14-12-22)26(30)20-9-7-19(8-10-20)21-5-4-6-23(16-21)31-3/h4-10,15-17,22H,11-14H2,1-3H3. The van der Waals surface area contributed by atoms with Gasteiger partial charge in [0.25, 0.3) is 11.5 Å². The number of methoxy groups -OCH3 is 1. The van der Waals surface area contributed by atoms with Gasteiger partial charge in [-0.25, -0.2) is 0 Å². The minimum Gasteiger partial charge on any atom is -0.497 e. The van der Waals surface area contributed by atoms with Crippen molar-refractivity contribution in [1.82, 2.24) is 9.47 Å². The molecule has 6 nitrogen and oxygen atoms in total. The molecule has 1 saturated heterocycles. The summed E-state index contributed by atoms with van der Waals surface area (Å²) in [6.45, 7) is 3.14. The first kappa shape index (κ1) is 21.7. The topological polar surface area (TPSA) is 60.8 Å². The molecule has 0 N–H and O–H groups in total. The van der Waals surface area contributed by atoms with Gasteiger partial charge in [0.1, 0.15) is 17.6 Å². The summed E-state index contributed by atoms with van der Waals surface area (Å²) in [4.78, 5) is 26.8. The number of aryl methyl sites for hydroxylation is 1. The summed E-state index contributed by atoms with van der Waals surface area (Å²) in [5.74, 6) is 1.44. The third kappa shape index (κ3) is 4.69.